The molecule has 41 heavy (non-hydrogen) atoms. The van der Waals surface area contributed by atoms with Crippen molar-refractivity contribution in [1.29, 1.82) is 0 Å². The normalized spacial score (nSPS) is 12.3. The number of anilines is 1. The van der Waals surface area contributed by atoms with E-state index in [1.165, 1.54) is 37.3 Å². The van der Waals surface area contributed by atoms with Crippen molar-refractivity contribution in [2.45, 2.75) is 50.7 Å². The summed E-state index contributed by atoms with van der Waals surface area (Å²) < 4.78 is 39.8. The predicted octanol–water partition coefficient (Wildman–Crippen LogP) is 4.88. The minimum absolute atomic E-state index is 0.0161. The Labute approximate surface area is 247 Å². The Morgan fingerprint density at radius 3 is 2.22 bits per heavy atom. The summed E-state index contributed by atoms with van der Waals surface area (Å²) in [7, 11) is -1.41. The summed E-state index contributed by atoms with van der Waals surface area (Å²) >= 11 is 6.20. The van der Waals surface area contributed by atoms with Gasteiger partial charge in [-0.05, 0) is 69.7 Å². The number of rotatable bonds is 11. The molecule has 0 bridgehead atoms. The Hall–Kier alpha value is -3.76. The molecule has 3 rings (SSSR count). The van der Waals surface area contributed by atoms with Gasteiger partial charge in [-0.15, -0.1) is 0 Å². The number of sulfonamides is 1. The topological polar surface area (TPSA) is 105 Å². The lowest BCUT2D eigenvalue weighted by Gasteiger charge is -2.33. The number of amides is 2. The molecule has 0 radical (unpaired) electrons. The molecule has 11 heteroatoms. The fourth-order valence-corrected chi connectivity index (χ4v) is 5.76. The Balaban J connectivity index is 2.12. The van der Waals surface area contributed by atoms with Crippen molar-refractivity contribution in [2.24, 2.45) is 0 Å². The van der Waals surface area contributed by atoms with E-state index in [-0.39, 0.29) is 28.8 Å². The van der Waals surface area contributed by atoms with E-state index in [0.717, 1.165) is 4.31 Å². The second-order valence-electron chi connectivity index (χ2n) is 10.4. The minimum atomic E-state index is -4.27. The summed E-state index contributed by atoms with van der Waals surface area (Å²) in [4.78, 5) is 28.6. The van der Waals surface area contributed by atoms with Gasteiger partial charge in [0.05, 0.1) is 24.8 Å². The van der Waals surface area contributed by atoms with Gasteiger partial charge in [0.2, 0.25) is 11.8 Å². The van der Waals surface area contributed by atoms with E-state index in [9.17, 15) is 18.0 Å². The van der Waals surface area contributed by atoms with Gasteiger partial charge in [-0.25, -0.2) is 8.42 Å². The van der Waals surface area contributed by atoms with Gasteiger partial charge in [0.25, 0.3) is 10.0 Å². The van der Waals surface area contributed by atoms with E-state index in [1.807, 2.05) is 20.8 Å². The van der Waals surface area contributed by atoms with Crippen LogP contribution in [0.15, 0.2) is 77.7 Å². The average Bonchev–Trinajstić information content (AvgIpc) is 2.93. The van der Waals surface area contributed by atoms with Crippen LogP contribution in [-0.4, -0.2) is 57.5 Å². The van der Waals surface area contributed by atoms with Crippen molar-refractivity contribution in [1.82, 2.24) is 10.2 Å². The molecule has 1 N–H and O–H groups in total. The molecule has 220 valence electrons. The van der Waals surface area contributed by atoms with Crippen LogP contribution >= 0.6 is 11.6 Å². The molecule has 3 aromatic rings. The van der Waals surface area contributed by atoms with Crippen LogP contribution in [0.5, 0.6) is 11.5 Å². The first-order valence-corrected chi connectivity index (χ1v) is 14.7. The number of nitrogens with one attached hydrogen (secondary N) is 1. The molecule has 0 aliphatic rings. The van der Waals surface area contributed by atoms with Crippen molar-refractivity contribution >= 4 is 39.1 Å². The number of halogens is 1. The van der Waals surface area contributed by atoms with Gasteiger partial charge in [-0.1, -0.05) is 41.9 Å². The van der Waals surface area contributed by atoms with Crippen LogP contribution in [-0.2, 0) is 26.2 Å². The largest absolute Gasteiger partial charge is 0.497 e. The third kappa shape index (κ3) is 8.14. The van der Waals surface area contributed by atoms with E-state index < -0.39 is 34.1 Å². The molecule has 0 saturated heterocycles. The van der Waals surface area contributed by atoms with Crippen LogP contribution in [0.4, 0.5) is 5.69 Å². The van der Waals surface area contributed by atoms with Gasteiger partial charge in [-0.3, -0.25) is 13.9 Å². The van der Waals surface area contributed by atoms with Crippen molar-refractivity contribution in [2.75, 3.05) is 25.1 Å². The van der Waals surface area contributed by atoms with Gasteiger partial charge in [0.15, 0.2) is 0 Å². The van der Waals surface area contributed by atoms with Crippen molar-refractivity contribution in [3.63, 3.8) is 0 Å². The molecule has 0 unspecified atom stereocenters. The standard InChI is InChI=1S/C30H36ClN3O6S/c1-21(29(36)32-30(2,3)4)33(19-22-11-10-12-23(31)17-22)28(35)20-34(41(37,38)25-13-8-7-9-14-25)26-18-24(39-5)15-16-27(26)40-6/h7-18,21H,19-20H2,1-6H3,(H,32,36)/t21-/m0/s1. The summed E-state index contributed by atoms with van der Waals surface area (Å²) in [6, 6.07) is 18.5. The molecule has 3 aromatic carbocycles. The molecule has 0 aromatic heterocycles. The molecular formula is C30H36ClN3O6S. The lowest BCUT2D eigenvalue weighted by Crippen LogP contribution is -2.54. The van der Waals surface area contributed by atoms with Gasteiger partial charge >= 0.3 is 0 Å². The van der Waals surface area contributed by atoms with Gasteiger partial charge in [0, 0.05) is 23.2 Å². The highest BCUT2D eigenvalue weighted by atomic mass is 35.5. The van der Waals surface area contributed by atoms with E-state index in [4.69, 9.17) is 21.1 Å². The van der Waals surface area contributed by atoms with Crippen LogP contribution in [0.3, 0.4) is 0 Å². The summed E-state index contributed by atoms with van der Waals surface area (Å²) in [5.74, 6) is -0.400. The van der Waals surface area contributed by atoms with Crippen molar-refractivity contribution < 1.29 is 27.5 Å². The average molecular weight is 602 g/mol. The zero-order chi connectivity index (χ0) is 30.4. The molecule has 0 aliphatic heterocycles. The quantitative estimate of drug-likeness (QED) is 0.336. The van der Waals surface area contributed by atoms with Crippen LogP contribution in [0.25, 0.3) is 0 Å². The number of benzene rings is 3. The fraction of sp³-hybridized carbons (Fsp3) is 0.333. The number of hydrogen-bond acceptors (Lipinski definition) is 6. The molecule has 0 aliphatic carbocycles. The monoisotopic (exact) mass is 601 g/mol. The van der Waals surface area contributed by atoms with Crippen molar-refractivity contribution in [3.8, 4) is 11.5 Å². The molecule has 2 amide bonds. The molecular weight excluding hydrogens is 566 g/mol. The smallest absolute Gasteiger partial charge is 0.264 e. The lowest BCUT2D eigenvalue weighted by atomic mass is 10.1. The second-order valence-corrected chi connectivity index (χ2v) is 12.7. The minimum Gasteiger partial charge on any atom is -0.497 e. The Morgan fingerprint density at radius 1 is 0.951 bits per heavy atom. The third-order valence-corrected chi connectivity index (χ3v) is 8.18. The summed E-state index contributed by atoms with van der Waals surface area (Å²) in [5, 5.41) is 3.37. The van der Waals surface area contributed by atoms with Gasteiger partial charge in [0.1, 0.15) is 24.1 Å². The highest BCUT2D eigenvalue weighted by molar-refractivity contribution is 7.92. The first-order valence-electron chi connectivity index (χ1n) is 12.9. The van der Waals surface area contributed by atoms with Crippen molar-refractivity contribution in [3.05, 3.63) is 83.4 Å². The zero-order valence-electron chi connectivity index (χ0n) is 24.0. The number of carbonyl (C=O) groups is 2. The van der Waals surface area contributed by atoms with Gasteiger partial charge < -0.3 is 19.7 Å². The van der Waals surface area contributed by atoms with E-state index in [0.29, 0.717) is 16.3 Å². The predicted molar refractivity (Wildman–Crippen MR) is 160 cm³/mol. The molecule has 9 nitrogen and oxygen atoms in total. The number of carbonyl (C=O) groups excluding carboxylic acids is 2. The Kier molecular flexibility index (Phi) is 10.3. The number of nitrogens with zero attached hydrogens (tertiary/aromatic N) is 2. The zero-order valence-corrected chi connectivity index (χ0v) is 25.6. The lowest BCUT2D eigenvalue weighted by molar-refractivity contribution is -0.140. The third-order valence-electron chi connectivity index (χ3n) is 6.17. The summed E-state index contributed by atoms with van der Waals surface area (Å²) in [6.45, 7) is 6.52. The SMILES string of the molecule is COc1ccc(OC)c(N(CC(=O)N(Cc2cccc(Cl)c2)[C@@H](C)C(=O)NC(C)(C)C)S(=O)(=O)c2ccccc2)c1. The molecule has 0 spiro atoms. The highest BCUT2D eigenvalue weighted by Crippen LogP contribution is 2.36. The first kappa shape index (κ1) is 31.8. The molecule has 1 atom stereocenters. The van der Waals surface area contributed by atoms with E-state index in [2.05, 4.69) is 5.32 Å². The van der Waals surface area contributed by atoms with Crippen LogP contribution in [0, 0.1) is 0 Å². The maximum atomic E-state index is 14.1. The Bertz CT molecular complexity index is 1480. The highest BCUT2D eigenvalue weighted by Gasteiger charge is 2.34. The number of methoxy groups -OCH3 is 2. The van der Waals surface area contributed by atoms with Gasteiger partial charge in [-0.2, -0.15) is 0 Å². The first-order chi connectivity index (χ1) is 19.3. The van der Waals surface area contributed by atoms with Crippen LogP contribution < -0.4 is 19.1 Å². The Morgan fingerprint density at radius 2 is 1.63 bits per heavy atom. The van der Waals surface area contributed by atoms with E-state index in [1.54, 1.807) is 61.5 Å². The number of hydrogen-bond donors (Lipinski definition) is 1. The maximum Gasteiger partial charge on any atom is 0.264 e. The molecule has 0 saturated carbocycles. The van der Waals surface area contributed by atoms with Crippen LogP contribution in [0.1, 0.15) is 33.3 Å². The molecule has 0 fully saturated rings. The fourth-order valence-electron chi connectivity index (χ4n) is 4.11. The maximum absolute atomic E-state index is 14.1. The summed E-state index contributed by atoms with van der Waals surface area (Å²) in [5.41, 5.74) is 0.239. The van der Waals surface area contributed by atoms with Crippen LogP contribution in [0.2, 0.25) is 5.02 Å². The summed E-state index contributed by atoms with van der Waals surface area (Å²) in [6.07, 6.45) is 0. The second kappa shape index (κ2) is 13.3. The molecule has 0 heterocycles. The number of ether oxygens (including phenoxy) is 2. The van der Waals surface area contributed by atoms with E-state index >= 15 is 0 Å².